The molecule has 1 aliphatic heterocycles. The second-order valence-electron chi connectivity index (χ2n) is 10.8. The number of halogens is 3. The minimum atomic E-state index is -1.42. The normalized spacial score (nSPS) is 18.1. The van der Waals surface area contributed by atoms with Crippen molar-refractivity contribution in [1.29, 1.82) is 0 Å². The van der Waals surface area contributed by atoms with E-state index in [1.54, 1.807) is 0 Å². The average molecular weight is 588 g/mol. The molecular weight excluding hydrogens is 560 g/mol. The van der Waals surface area contributed by atoms with Crippen LogP contribution in [-0.2, 0) is 0 Å². The minimum Gasteiger partial charge on any atom is -0.519 e. The Bertz CT molecular complexity index is 1700. The molecule has 4 aromatic carbocycles. The molecule has 0 radical (unpaired) electrons. The number of nitrogens with zero attached hydrogens (tertiary/aromatic N) is 2. The number of allylic oxidation sites excluding steroid dienone is 4. The first kappa shape index (κ1) is 27.7. The lowest BCUT2D eigenvalue weighted by Crippen LogP contribution is -2.43. The molecular formula is C36H28BF3N2O2. The molecule has 1 heterocycles. The lowest BCUT2D eigenvalue weighted by Gasteiger charge is -2.41. The zero-order valence-electron chi connectivity index (χ0n) is 23.7. The van der Waals surface area contributed by atoms with Crippen LogP contribution in [-0.4, -0.2) is 19.2 Å². The number of para-hydroxylation sites is 2. The van der Waals surface area contributed by atoms with Crippen molar-refractivity contribution in [2.45, 2.75) is 24.9 Å². The summed E-state index contributed by atoms with van der Waals surface area (Å²) in [6.07, 6.45) is 18.4. The van der Waals surface area contributed by atoms with Gasteiger partial charge < -0.3 is 19.1 Å². The number of anilines is 4. The summed E-state index contributed by atoms with van der Waals surface area (Å²) in [6, 6.07) is 25.0. The van der Waals surface area contributed by atoms with Crippen LogP contribution in [0, 0.1) is 17.5 Å². The maximum absolute atomic E-state index is 14.8. The summed E-state index contributed by atoms with van der Waals surface area (Å²) in [4.78, 5) is 4.51. The maximum atomic E-state index is 14.8. The summed E-state index contributed by atoms with van der Waals surface area (Å²) in [5.74, 6) is -2.49. The molecule has 7 rings (SSSR count). The van der Waals surface area contributed by atoms with E-state index in [2.05, 4.69) is 46.3 Å². The van der Waals surface area contributed by atoms with E-state index >= 15 is 0 Å². The monoisotopic (exact) mass is 588 g/mol. The first-order chi connectivity index (χ1) is 21.6. The van der Waals surface area contributed by atoms with Crippen molar-refractivity contribution >= 4 is 35.3 Å². The highest BCUT2D eigenvalue weighted by molar-refractivity contribution is 6.63. The van der Waals surface area contributed by atoms with Gasteiger partial charge in [0.05, 0.1) is 28.9 Å². The molecule has 0 N–H and O–H groups in total. The van der Waals surface area contributed by atoms with Crippen molar-refractivity contribution in [3.63, 3.8) is 0 Å². The molecule has 4 nitrogen and oxygen atoms in total. The zero-order chi connectivity index (χ0) is 30.0. The van der Waals surface area contributed by atoms with E-state index in [0.29, 0.717) is 23.6 Å². The molecule has 0 saturated carbocycles. The quantitative estimate of drug-likeness (QED) is 0.203. The van der Waals surface area contributed by atoms with Gasteiger partial charge >= 0.3 is 7.12 Å². The van der Waals surface area contributed by atoms with Crippen molar-refractivity contribution in [3.8, 4) is 11.5 Å². The largest absolute Gasteiger partial charge is 0.638 e. The predicted molar refractivity (Wildman–Crippen MR) is 170 cm³/mol. The van der Waals surface area contributed by atoms with Crippen LogP contribution in [0.15, 0.2) is 134 Å². The van der Waals surface area contributed by atoms with Crippen LogP contribution in [0.25, 0.3) is 0 Å². The van der Waals surface area contributed by atoms with Crippen LogP contribution in [0.5, 0.6) is 11.5 Å². The fourth-order valence-electron chi connectivity index (χ4n) is 5.99. The first-order valence-corrected chi connectivity index (χ1v) is 14.6. The van der Waals surface area contributed by atoms with Gasteiger partial charge in [0.1, 0.15) is 29.0 Å². The van der Waals surface area contributed by atoms with Gasteiger partial charge in [-0.25, -0.2) is 13.2 Å². The van der Waals surface area contributed by atoms with Crippen LogP contribution in [0.3, 0.4) is 0 Å². The van der Waals surface area contributed by atoms with Gasteiger partial charge in [-0.1, -0.05) is 85.0 Å². The lowest BCUT2D eigenvalue weighted by atomic mass is 9.78. The minimum absolute atomic E-state index is 0.0245. The number of fused-ring (bicyclic) bond motifs is 1. The Kier molecular flexibility index (Phi) is 7.48. The SMILES string of the molecule is Fc1cc(F)c(B2Oc3cc(N(c4ccccc4)c4ccccc4)c(N(C4C=CC=CC4)C4C=CC=CC4)cc3O2)c(F)c1. The predicted octanol–water partition coefficient (Wildman–Crippen LogP) is 8.32. The van der Waals surface area contributed by atoms with Crippen LogP contribution in [0.4, 0.5) is 35.9 Å². The van der Waals surface area contributed by atoms with E-state index in [4.69, 9.17) is 9.31 Å². The highest BCUT2D eigenvalue weighted by Gasteiger charge is 2.41. The molecule has 4 aromatic rings. The standard InChI is InChI=1S/C36H28BF3N2O2/c38-25-21-30(39)36(31(40)22-25)37-43-34-23-32(41(26-13-5-1-6-14-26)27-15-7-2-8-16-27)33(24-35(34)44-37)42(28-17-9-3-10-18-28)29-19-11-4-12-20-29/h1-17,19,21-24,28-29H,18,20H2. The van der Waals surface area contributed by atoms with Gasteiger partial charge in [-0.3, -0.25) is 0 Å². The van der Waals surface area contributed by atoms with Crippen molar-refractivity contribution in [1.82, 2.24) is 0 Å². The van der Waals surface area contributed by atoms with E-state index in [1.807, 2.05) is 84.9 Å². The van der Waals surface area contributed by atoms with E-state index in [9.17, 15) is 13.2 Å². The smallest absolute Gasteiger partial charge is 0.519 e. The highest BCUT2D eigenvalue weighted by atomic mass is 19.1. The molecule has 2 atom stereocenters. The molecule has 0 amide bonds. The molecule has 0 saturated heterocycles. The Morgan fingerprint density at radius 1 is 0.614 bits per heavy atom. The van der Waals surface area contributed by atoms with Crippen molar-refractivity contribution in [2.24, 2.45) is 0 Å². The van der Waals surface area contributed by atoms with Crippen molar-refractivity contribution in [3.05, 3.63) is 151 Å². The summed E-state index contributed by atoms with van der Waals surface area (Å²) in [7, 11) is -1.42. The van der Waals surface area contributed by atoms with E-state index in [1.165, 1.54) is 0 Å². The lowest BCUT2D eigenvalue weighted by molar-refractivity contribution is 0.500. The average Bonchev–Trinajstić information content (AvgIpc) is 3.45. The number of hydrogen-bond acceptors (Lipinski definition) is 4. The molecule has 0 bridgehead atoms. The number of hydrogen-bond donors (Lipinski definition) is 0. The summed E-state index contributed by atoms with van der Waals surface area (Å²) in [5.41, 5.74) is 3.02. The van der Waals surface area contributed by atoms with Gasteiger partial charge in [0.2, 0.25) is 0 Å². The Hall–Kier alpha value is -5.11. The summed E-state index contributed by atoms with van der Waals surface area (Å²) in [5, 5.41) is 0. The van der Waals surface area contributed by atoms with Gasteiger partial charge in [0.25, 0.3) is 0 Å². The van der Waals surface area contributed by atoms with Crippen molar-refractivity contribution < 1.29 is 22.5 Å². The van der Waals surface area contributed by atoms with E-state index in [0.717, 1.165) is 35.6 Å². The summed E-state index contributed by atoms with van der Waals surface area (Å²) < 4.78 is 55.5. The molecule has 8 heteroatoms. The topological polar surface area (TPSA) is 24.9 Å². The van der Waals surface area contributed by atoms with Gasteiger partial charge in [-0.15, -0.1) is 0 Å². The summed E-state index contributed by atoms with van der Waals surface area (Å²) >= 11 is 0. The van der Waals surface area contributed by atoms with Gasteiger partial charge in [0.15, 0.2) is 0 Å². The van der Waals surface area contributed by atoms with Crippen LogP contribution >= 0.6 is 0 Å². The first-order valence-electron chi connectivity index (χ1n) is 14.6. The highest BCUT2D eigenvalue weighted by Crippen LogP contribution is 2.49. The fourth-order valence-corrected chi connectivity index (χ4v) is 5.99. The number of rotatable bonds is 7. The third-order valence-electron chi connectivity index (χ3n) is 7.97. The zero-order valence-corrected chi connectivity index (χ0v) is 23.7. The van der Waals surface area contributed by atoms with Crippen LogP contribution < -0.4 is 24.6 Å². The molecule has 0 aromatic heterocycles. The molecule has 218 valence electrons. The van der Waals surface area contributed by atoms with Crippen LogP contribution in [0.1, 0.15) is 12.8 Å². The number of benzene rings is 4. The molecule has 0 spiro atoms. The van der Waals surface area contributed by atoms with E-state index in [-0.39, 0.29) is 12.1 Å². The second-order valence-corrected chi connectivity index (χ2v) is 10.8. The molecule has 0 fully saturated rings. The molecule has 3 aliphatic rings. The Morgan fingerprint density at radius 3 is 1.59 bits per heavy atom. The second kappa shape index (κ2) is 11.9. The molecule has 2 unspecified atom stereocenters. The van der Waals surface area contributed by atoms with Gasteiger partial charge in [-0.2, -0.15) is 0 Å². The fraction of sp³-hybridized carbons (Fsp3) is 0.111. The summed E-state index contributed by atoms with van der Waals surface area (Å²) in [6.45, 7) is 0. The van der Waals surface area contributed by atoms with Gasteiger partial charge in [-0.05, 0) is 37.1 Å². The third kappa shape index (κ3) is 5.28. The van der Waals surface area contributed by atoms with E-state index < -0.39 is 30.0 Å². The van der Waals surface area contributed by atoms with Gasteiger partial charge in [0, 0.05) is 35.6 Å². The molecule has 44 heavy (non-hydrogen) atoms. The Labute approximate surface area is 254 Å². The van der Waals surface area contributed by atoms with Crippen molar-refractivity contribution in [2.75, 3.05) is 9.80 Å². The molecule has 2 aliphatic carbocycles. The Morgan fingerprint density at radius 2 is 1.11 bits per heavy atom. The van der Waals surface area contributed by atoms with Crippen LogP contribution in [0.2, 0.25) is 0 Å². The maximum Gasteiger partial charge on any atom is 0.638 e. The third-order valence-corrected chi connectivity index (χ3v) is 7.97. The Balaban J connectivity index is 1.43.